The van der Waals surface area contributed by atoms with Crippen molar-refractivity contribution >= 4 is 44.6 Å². The summed E-state index contributed by atoms with van der Waals surface area (Å²) in [5.41, 5.74) is 0.0147. The molecule has 0 bridgehead atoms. The average Bonchev–Trinajstić information content (AvgIpc) is 3.11. The molecule has 0 saturated carbocycles. The quantitative estimate of drug-likeness (QED) is 0.630. The van der Waals surface area contributed by atoms with Gasteiger partial charge in [-0.2, -0.15) is 0 Å². The molecule has 1 aromatic heterocycles. The average molecular weight is 427 g/mol. The molecule has 27 heavy (non-hydrogen) atoms. The zero-order chi connectivity index (χ0) is 19.4. The normalized spacial score (nSPS) is 11.3. The van der Waals surface area contributed by atoms with E-state index in [0.717, 1.165) is 11.3 Å². The first-order chi connectivity index (χ1) is 12.8. The van der Waals surface area contributed by atoms with E-state index in [1.807, 2.05) is 0 Å². The predicted molar refractivity (Wildman–Crippen MR) is 99.7 cm³/mol. The van der Waals surface area contributed by atoms with E-state index in [9.17, 15) is 17.6 Å². The zero-order valence-corrected chi connectivity index (χ0v) is 15.9. The SMILES string of the molecule is O=C(Nc1ccccc1F)c1nnc(CNS(=O)(=O)c2cccc(Cl)c2)s1. The van der Waals surface area contributed by atoms with E-state index in [-0.39, 0.29) is 27.1 Å². The van der Waals surface area contributed by atoms with Crippen molar-refractivity contribution in [3.63, 3.8) is 0 Å². The van der Waals surface area contributed by atoms with Crippen LogP contribution in [0.5, 0.6) is 0 Å². The molecule has 0 saturated heterocycles. The van der Waals surface area contributed by atoms with Gasteiger partial charge in [0.05, 0.1) is 17.1 Å². The molecule has 7 nitrogen and oxygen atoms in total. The topological polar surface area (TPSA) is 101 Å². The van der Waals surface area contributed by atoms with Crippen LogP contribution in [-0.4, -0.2) is 24.5 Å². The molecule has 11 heteroatoms. The van der Waals surface area contributed by atoms with Gasteiger partial charge in [-0.05, 0) is 30.3 Å². The van der Waals surface area contributed by atoms with Gasteiger partial charge < -0.3 is 5.32 Å². The maximum absolute atomic E-state index is 13.6. The van der Waals surface area contributed by atoms with Crippen molar-refractivity contribution in [1.82, 2.24) is 14.9 Å². The molecule has 2 N–H and O–H groups in total. The van der Waals surface area contributed by atoms with Crippen LogP contribution in [0.2, 0.25) is 5.02 Å². The molecule has 140 valence electrons. The van der Waals surface area contributed by atoms with Gasteiger partial charge in [-0.15, -0.1) is 10.2 Å². The van der Waals surface area contributed by atoms with E-state index in [1.54, 1.807) is 12.1 Å². The van der Waals surface area contributed by atoms with Crippen molar-refractivity contribution < 1.29 is 17.6 Å². The van der Waals surface area contributed by atoms with Gasteiger partial charge >= 0.3 is 0 Å². The van der Waals surface area contributed by atoms with Gasteiger partial charge in [0.25, 0.3) is 5.91 Å². The molecular weight excluding hydrogens is 415 g/mol. The Hall–Kier alpha value is -2.40. The third kappa shape index (κ3) is 4.86. The van der Waals surface area contributed by atoms with E-state index in [0.29, 0.717) is 5.02 Å². The van der Waals surface area contributed by atoms with Gasteiger partial charge in [0.15, 0.2) is 0 Å². The number of nitrogens with zero attached hydrogens (tertiary/aromatic N) is 2. The number of aromatic nitrogens is 2. The zero-order valence-electron chi connectivity index (χ0n) is 13.5. The highest BCUT2D eigenvalue weighted by atomic mass is 35.5. The van der Waals surface area contributed by atoms with E-state index in [2.05, 4.69) is 20.2 Å². The van der Waals surface area contributed by atoms with Gasteiger partial charge in [-0.25, -0.2) is 17.5 Å². The number of amides is 1. The Bertz CT molecular complexity index is 1090. The minimum Gasteiger partial charge on any atom is -0.317 e. The summed E-state index contributed by atoms with van der Waals surface area (Å²) >= 11 is 6.70. The number of hydrogen-bond acceptors (Lipinski definition) is 6. The van der Waals surface area contributed by atoms with Crippen LogP contribution in [-0.2, 0) is 16.6 Å². The second-order valence-corrected chi connectivity index (χ2v) is 8.48. The number of hydrogen-bond donors (Lipinski definition) is 2. The molecule has 1 heterocycles. The molecule has 0 fully saturated rings. The maximum atomic E-state index is 13.6. The van der Waals surface area contributed by atoms with E-state index in [1.165, 1.54) is 36.4 Å². The summed E-state index contributed by atoms with van der Waals surface area (Å²) in [6.07, 6.45) is 0. The first-order valence-corrected chi connectivity index (χ1v) is 10.2. The van der Waals surface area contributed by atoms with Crippen molar-refractivity contribution in [2.45, 2.75) is 11.4 Å². The summed E-state index contributed by atoms with van der Waals surface area (Å²) in [6, 6.07) is 11.5. The largest absolute Gasteiger partial charge is 0.317 e. The fourth-order valence-electron chi connectivity index (χ4n) is 2.03. The third-order valence-corrected chi connectivity index (χ3v) is 5.86. The van der Waals surface area contributed by atoms with Crippen LogP contribution in [0, 0.1) is 5.82 Å². The van der Waals surface area contributed by atoms with Crippen LogP contribution < -0.4 is 10.0 Å². The van der Waals surface area contributed by atoms with Crippen LogP contribution in [0.3, 0.4) is 0 Å². The van der Waals surface area contributed by atoms with Crippen molar-refractivity contribution in [1.29, 1.82) is 0 Å². The Balaban J connectivity index is 1.66. The molecule has 1 amide bonds. The van der Waals surface area contributed by atoms with Crippen LogP contribution in [0.1, 0.15) is 14.8 Å². The van der Waals surface area contributed by atoms with E-state index < -0.39 is 21.7 Å². The Labute approximate surface area is 163 Å². The van der Waals surface area contributed by atoms with Gasteiger partial charge in [0.2, 0.25) is 15.0 Å². The standard InChI is InChI=1S/C16H12ClFN4O3S2/c17-10-4-3-5-11(8-10)27(24,25)19-9-14-21-22-16(26-14)15(23)20-13-7-2-1-6-12(13)18/h1-8,19H,9H2,(H,20,23). The molecule has 0 radical (unpaired) electrons. The third-order valence-electron chi connectivity index (χ3n) is 3.30. The number of para-hydroxylation sites is 1. The van der Waals surface area contributed by atoms with Crippen LogP contribution >= 0.6 is 22.9 Å². The number of sulfonamides is 1. The van der Waals surface area contributed by atoms with Crippen molar-refractivity contribution in [2.24, 2.45) is 0 Å². The molecule has 0 unspecified atom stereocenters. The fraction of sp³-hybridized carbons (Fsp3) is 0.0625. The van der Waals surface area contributed by atoms with Crippen LogP contribution in [0.15, 0.2) is 53.4 Å². The molecule has 0 aliphatic carbocycles. The molecular formula is C16H12ClFN4O3S2. The number of halogens is 2. The van der Waals surface area contributed by atoms with Crippen LogP contribution in [0.4, 0.5) is 10.1 Å². The number of nitrogens with one attached hydrogen (secondary N) is 2. The van der Waals surface area contributed by atoms with Crippen molar-refractivity contribution in [2.75, 3.05) is 5.32 Å². The molecule has 0 atom stereocenters. The lowest BCUT2D eigenvalue weighted by Crippen LogP contribution is -2.23. The second kappa shape index (κ2) is 8.09. The number of anilines is 1. The van der Waals surface area contributed by atoms with Crippen molar-refractivity contribution in [3.8, 4) is 0 Å². The monoisotopic (exact) mass is 426 g/mol. The molecule has 3 rings (SSSR count). The Morgan fingerprint density at radius 2 is 1.93 bits per heavy atom. The summed E-state index contributed by atoms with van der Waals surface area (Å²) in [5, 5.41) is 10.4. The summed E-state index contributed by atoms with van der Waals surface area (Å²) < 4.78 is 40.4. The first-order valence-electron chi connectivity index (χ1n) is 7.48. The van der Waals surface area contributed by atoms with Gasteiger partial charge in [0.1, 0.15) is 10.8 Å². The summed E-state index contributed by atoms with van der Waals surface area (Å²) in [4.78, 5) is 12.1. The highest BCUT2D eigenvalue weighted by Gasteiger charge is 2.18. The number of carbonyl (C=O) groups is 1. The Morgan fingerprint density at radius 3 is 2.67 bits per heavy atom. The van der Waals surface area contributed by atoms with Gasteiger partial charge in [-0.1, -0.05) is 41.1 Å². The molecule has 2 aromatic carbocycles. The number of carbonyl (C=O) groups excluding carboxylic acids is 1. The second-order valence-electron chi connectivity index (χ2n) is 5.22. The molecule has 0 aliphatic heterocycles. The minimum atomic E-state index is -3.79. The summed E-state index contributed by atoms with van der Waals surface area (Å²) in [6.45, 7) is -0.153. The van der Waals surface area contributed by atoms with E-state index >= 15 is 0 Å². The molecule has 0 aliphatic rings. The smallest absolute Gasteiger partial charge is 0.286 e. The van der Waals surface area contributed by atoms with E-state index in [4.69, 9.17) is 11.6 Å². The highest BCUT2D eigenvalue weighted by Crippen LogP contribution is 2.18. The number of rotatable bonds is 6. The van der Waals surface area contributed by atoms with Crippen LogP contribution in [0.25, 0.3) is 0 Å². The number of benzene rings is 2. The predicted octanol–water partition coefficient (Wildman–Crippen LogP) is 3.06. The molecule has 0 spiro atoms. The minimum absolute atomic E-state index is 0.0111. The van der Waals surface area contributed by atoms with Crippen molar-refractivity contribution in [3.05, 3.63) is 69.4 Å². The summed E-state index contributed by atoms with van der Waals surface area (Å²) in [7, 11) is -3.79. The first kappa shape index (κ1) is 19.4. The molecule has 3 aromatic rings. The highest BCUT2D eigenvalue weighted by molar-refractivity contribution is 7.89. The maximum Gasteiger partial charge on any atom is 0.286 e. The Morgan fingerprint density at radius 1 is 1.15 bits per heavy atom. The van der Waals surface area contributed by atoms with Gasteiger partial charge in [-0.3, -0.25) is 4.79 Å². The lowest BCUT2D eigenvalue weighted by atomic mass is 10.3. The van der Waals surface area contributed by atoms with Gasteiger partial charge in [0, 0.05) is 5.02 Å². The fourth-order valence-corrected chi connectivity index (χ4v) is 4.08. The Kier molecular flexibility index (Phi) is 5.80. The lowest BCUT2D eigenvalue weighted by Gasteiger charge is -2.05. The summed E-state index contributed by atoms with van der Waals surface area (Å²) in [5.74, 6) is -1.22. The lowest BCUT2D eigenvalue weighted by molar-refractivity contribution is 0.102.